The maximum absolute atomic E-state index is 12.1. The molecule has 1 heterocycles. The average Bonchev–Trinajstić information content (AvgIpc) is 3.07. The fraction of sp³-hybridized carbons (Fsp3) is 0.583. The number of hydrogen-bond donors (Lipinski definition) is 2. The molecule has 17 heavy (non-hydrogen) atoms. The number of nitrogens with two attached hydrogens (primary N) is 1. The van der Waals surface area contributed by atoms with Crippen molar-refractivity contribution in [3.63, 3.8) is 0 Å². The molecule has 0 spiro atoms. The second-order valence-electron chi connectivity index (χ2n) is 4.70. The van der Waals surface area contributed by atoms with Gasteiger partial charge in [-0.3, -0.25) is 4.79 Å². The lowest BCUT2D eigenvalue weighted by Gasteiger charge is -2.29. The number of thiophene rings is 1. The minimum Gasteiger partial charge on any atom is -0.496 e. The topological polar surface area (TPSA) is 64.3 Å². The van der Waals surface area contributed by atoms with Crippen LogP contribution in [0.3, 0.4) is 0 Å². The molecular weight excluding hydrogens is 236 g/mol. The van der Waals surface area contributed by atoms with E-state index in [1.165, 1.54) is 11.3 Å². The van der Waals surface area contributed by atoms with Crippen LogP contribution in [0.4, 0.5) is 0 Å². The van der Waals surface area contributed by atoms with Crippen LogP contribution in [-0.4, -0.2) is 25.1 Å². The summed E-state index contributed by atoms with van der Waals surface area (Å²) in [4.78, 5) is 12.7. The van der Waals surface area contributed by atoms with Gasteiger partial charge in [-0.2, -0.15) is 0 Å². The zero-order chi connectivity index (χ0) is 12.5. The third kappa shape index (κ3) is 2.61. The van der Waals surface area contributed by atoms with E-state index in [1.54, 1.807) is 13.2 Å². The Morgan fingerprint density at radius 1 is 1.71 bits per heavy atom. The monoisotopic (exact) mass is 254 g/mol. The molecular formula is C12H18N2O2S. The lowest BCUT2D eigenvalue weighted by Crippen LogP contribution is -2.53. The third-order valence-corrected chi connectivity index (χ3v) is 4.24. The molecule has 1 aliphatic rings. The zero-order valence-electron chi connectivity index (χ0n) is 10.2. The van der Waals surface area contributed by atoms with E-state index in [2.05, 4.69) is 5.32 Å². The number of carbonyl (C=O) groups excluding carboxylic acids is 1. The molecule has 1 aromatic rings. The summed E-state index contributed by atoms with van der Waals surface area (Å²) in [5.41, 5.74) is 5.50. The van der Waals surface area contributed by atoms with Gasteiger partial charge in [0.2, 0.25) is 0 Å². The van der Waals surface area contributed by atoms with Crippen LogP contribution >= 0.6 is 11.3 Å². The second-order valence-corrected chi connectivity index (χ2v) is 5.61. The Labute approximate surface area is 105 Å². The second kappa shape index (κ2) is 4.66. The number of nitrogens with one attached hydrogen (secondary N) is 1. The molecule has 0 aliphatic heterocycles. The molecule has 1 fully saturated rings. The molecule has 1 amide bonds. The molecule has 1 saturated carbocycles. The van der Waals surface area contributed by atoms with Gasteiger partial charge in [0.15, 0.2) is 0 Å². The molecule has 94 valence electrons. The van der Waals surface area contributed by atoms with Gasteiger partial charge in [-0.15, -0.1) is 11.3 Å². The quantitative estimate of drug-likeness (QED) is 0.839. The fourth-order valence-electron chi connectivity index (χ4n) is 1.91. The van der Waals surface area contributed by atoms with Gasteiger partial charge in [-0.1, -0.05) is 0 Å². The Kier molecular flexibility index (Phi) is 3.40. The van der Waals surface area contributed by atoms with Gasteiger partial charge in [-0.25, -0.2) is 0 Å². The van der Waals surface area contributed by atoms with E-state index >= 15 is 0 Å². The molecule has 3 N–H and O–H groups in total. The molecule has 1 atom stereocenters. The van der Waals surface area contributed by atoms with Crippen molar-refractivity contribution in [1.29, 1.82) is 0 Å². The standard InChI is InChI=1S/C12H18N2O2S/c1-12(7-13,8-3-4-8)14-11(15)10-5-9(16-2)6-17-10/h5-6,8H,3-4,7,13H2,1-2H3,(H,14,15). The number of ether oxygens (including phenoxy) is 1. The summed E-state index contributed by atoms with van der Waals surface area (Å²) in [6.45, 7) is 2.50. The van der Waals surface area contributed by atoms with Crippen LogP contribution in [0.25, 0.3) is 0 Å². The number of carbonyl (C=O) groups is 1. The Balaban J connectivity index is 2.05. The Bertz CT molecular complexity index is 414. The number of rotatable bonds is 5. The maximum Gasteiger partial charge on any atom is 0.261 e. The molecule has 1 unspecified atom stereocenters. The van der Waals surface area contributed by atoms with E-state index < -0.39 is 0 Å². The van der Waals surface area contributed by atoms with Crippen molar-refractivity contribution in [2.45, 2.75) is 25.3 Å². The van der Waals surface area contributed by atoms with Gasteiger partial charge in [0.1, 0.15) is 5.75 Å². The van der Waals surface area contributed by atoms with Crippen molar-refractivity contribution in [3.05, 3.63) is 16.3 Å². The number of hydrogen-bond acceptors (Lipinski definition) is 4. The van der Waals surface area contributed by atoms with Crippen molar-refractivity contribution < 1.29 is 9.53 Å². The summed E-state index contributed by atoms with van der Waals surface area (Å²) in [5.74, 6) is 1.19. The summed E-state index contributed by atoms with van der Waals surface area (Å²) < 4.78 is 5.07. The van der Waals surface area contributed by atoms with Gasteiger partial charge in [0, 0.05) is 18.0 Å². The van der Waals surface area contributed by atoms with Crippen molar-refractivity contribution in [1.82, 2.24) is 5.32 Å². The highest BCUT2D eigenvalue weighted by Crippen LogP contribution is 2.39. The van der Waals surface area contributed by atoms with Gasteiger partial charge < -0.3 is 15.8 Å². The van der Waals surface area contributed by atoms with E-state index in [4.69, 9.17) is 10.5 Å². The smallest absolute Gasteiger partial charge is 0.261 e. The summed E-state index contributed by atoms with van der Waals surface area (Å²) >= 11 is 1.39. The Morgan fingerprint density at radius 2 is 2.41 bits per heavy atom. The first-order valence-corrected chi connectivity index (χ1v) is 6.62. The first-order chi connectivity index (χ1) is 8.09. The zero-order valence-corrected chi connectivity index (χ0v) is 11.0. The molecule has 1 aliphatic carbocycles. The summed E-state index contributed by atoms with van der Waals surface area (Å²) in [6, 6.07) is 1.75. The molecule has 0 aromatic carbocycles. The van der Waals surface area contributed by atoms with E-state index in [0.717, 1.165) is 18.6 Å². The van der Waals surface area contributed by atoms with Crippen molar-refractivity contribution >= 4 is 17.2 Å². The van der Waals surface area contributed by atoms with Crippen LogP contribution < -0.4 is 15.8 Å². The normalized spacial score (nSPS) is 18.5. The van der Waals surface area contributed by atoms with E-state index in [-0.39, 0.29) is 11.4 Å². The first-order valence-electron chi connectivity index (χ1n) is 5.74. The largest absolute Gasteiger partial charge is 0.496 e. The van der Waals surface area contributed by atoms with Gasteiger partial charge in [-0.05, 0) is 25.7 Å². The highest BCUT2D eigenvalue weighted by Gasteiger charge is 2.41. The Hall–Kier alpha value is -1.07. The molecule has 1 aromatic heterocycles. The minimum atomic E-state index is -0.270. The fourth-order valence-corrected chi connectivity index (χ4v) is 2.66. The maximum atomic E-state index is 12.1. The van der Waals surface area contributed by atoms with Crippen LogP contribution in [0, 0.1) is 5.92 Å². The summed E-state index contributed by atoms with van der Waals surface area (Å²) in [5, 5.41) is 4.87. The minimum absolute atomic E-state index is 0.0573. The highest BCUT2D eigenvalue weighted by atomic mass is 32.1. The van der Waals surface area contributed by atoms with Crippen LogP contribution in [0.1, 0.15) is 29.4 Å². The van der Waals surface area contributed by atoms with Crippen molar-refractivity contribution in [2.75, 3.05) is 13.7 Å². The Morgan fingerprint density at radius 3 is 2.88 bits per heavy atom. The molecule has 0 saturated heterocycles. The van der Waals surface area contributed by atoms with E-state index in [0.29, 0.717) is 17.3 Å². The molecule has 0 bridgehead atoms. The summed E-state index contributed by atoms with van der Waals surface area (Å²) in [6.07, 6.45) is 2.31. The summed E-state index contributed by atoms with van der Waals surface area (Å²) in [7, 11) is 1.60. The van der Waals surface area contributed by atoms with Crippen LogP contribution in [0.5, 0.6) is 5.75 Å². The van der Waals surface area contributed by atoms with Crippen LogP contribution in [-0.2, 0) is 0 Å². The molecule has 2 rings (SSSR count). The van der Waals surface area contributed by atoms with Gasteiger partial charge in [0.05, 0.1) is 17.5 Å². The van der Waals surface area contributed by atoms with E-state index in [1.807, 2.05) is 12.3 Å². The van der Waals surface area contributed by atoms with Crippen molar-refractivity contribution in [2.24, 2.45) is 11.7 Å². The lowest BCUT2D eigenvalue weighted by atomic mass is 9.96. The van der Waals surface area contributed by atoms with Crippen LogP contribution in [0.2, 0.25) is 0 Å². The lowest BCUT2D eigenvalue weighted by molar-refractivity contribution is 0.0902. The molecule has 4 nitrogen and oxygen atoms in total. The predicted molar refractivity (Wildman–Crippen MR) is 68.5 cm³/mol. The number of amides is 1. The van der Waals surface area contributed by atoms with Gasteiger partial charge >= 0.3 is 0 Å². The predicted octanol–water partition coefficient (Wildman–Crippen LogP) is 1.61. The molecule has 5 heteroatoms. The van der Waals surface area contributed by atoms with Crippen LogP contribution in [0.15, 0.2) is 11.4 Å². The van der Waals surface area contributed by atoms with Gasteiger partial charge in [0.25, 0.3) is 5.91 Å². The SMILES string of the molecule is COc1csc(C(=O)NC(C)(CN)C2CC2)c1. The number of methoxy groups -OCH3 is 1. The third-order valence-electron chi connectivity index (χ3n) is 3.34. The van der Waals surface area contributed by atoms with Crippen molar-refractivity contribution in [3.8, 4) is 5.75 Å². The highest BCUT2D eigenvalue weighted by molar-refractivity contribution is 7.12. The average molecular weight is 254 g/mol. The first kappa shape index (κ1) is 12.4. The molecule has 0 radical (unpaired) electrons. The van der Waals surface area contributed by atoms with E-state index in [9.17, 15) is 4.79 Å².